The fraction of sp³-hybridized carbons (Fsp3) is 0.211. The zero-order chi connectivity index (χ0) is 17.2. The van der Waals surface area contributed by atoms with Crippen LogP contribution in [0.5, 0.6) is 0 Å². The Morgan fingerprint density at radius 2 is 1.48 bits per heavy atom. The molecule has 2 aliphatic heterocycles. The van der Waals surface area contributed by atoms with Crippen LogP contribution < -0.4 is 4.90 Å². The van der Waals surface area contributed by atoms with Crippen molar-refractivity contribution < 1.29 is 14.3 Å². The van der Waals surface area contributed by atoms with Crippen LogP contribution in [0.1, 0.15) is 26.3 Å². The molecule has 25 heavy (non-hydrogen) atoms. The molecule has 6 nitrogen and oxygen atoms in total. The predicted octanol–water partition coefficient (Wildman–Crippen LogP) is 2.15. The van der Waals surface area contributed by atoms with Crippen LogP contribution in [-0.2, 0) is 4.74 Å². The fourth-order valence-corrected chi connectivity index (χ4v) is 3.00. The average molecular weight is 335 g/mol. The summed E-state index contributed by atoms with van der Waals surface area (Å²) in [6, 6.07) is 14.6. The normalized spacial score (nSPS) is 17.4. The van der Waals surface area contributed by atoms with E-state index in [0.717, 1.165) is 42.6 Å². The summed E-state index contributed by atoms with van der Waals surface area (Å²) < 4.78 is 5.36. The number of amides is 2. The van der Waals surface area contributed by atoms with Crippen LogP contribution in [0.15, 0.2) is 53.6 Å². The van der Waals surface area contributed by atoms with Crippen LogP contribution >= 0.6 is 0 Å². The van der Waals surface area contributed by atoms with E-state index < -0.39 is 0 Å². The van der Waals surface area contributed by atoms with E-state index >= 15 is 0 Å². The molecular weight excluding hydrogens is 318 g/mol. The van der Waals surface area contributed by atoms with Crippen LogP contribution in [0.2, 0.25) is 0 Å². The van der Waals surface area contributed by atoms with Gasteiger partial charge >= 0.3 is 0 Å². The van der Waals surface area contributed by atoms with Gasteiger partial charge in [-0.1, -0.05) is 24.3 Å². The molecule has 0 aliphatic carbocycles. The molecule has 2 aromatic rings. The number of nitrogens with zero attached hydrogens (tertiary/aromatic N) is 3. The highest BCUT2D eigenvalue weighted by Crippen LogP contribution is 2.22. The first kappa shape index (κ1) is 15.5. The number of carbonyl (C=O) groups is 2. The first-order chi connectivity index (χ1) is 12.2. The lowest BCUT2D eigenvalue weighted by atomic mass is 10.1. The maximum atomic E-state index is 12.3. The monoisotopic (exact) mass is 335 g/mol. The Bertz CT molecular complexity index is 804. The van der Waals surface area contributed by atoms with Crippen molar-refractivity contribution in [2.45, 2.75) is 0 Å². The van der Waals surface area contributed by atoms with Gasteiger partial charge in [-0.15, -0.1) is 0 Å². The van der Waals surface area contributed by atoms with E-state index in [4.69, 9.17) is 4.74 Å². The van der Waals surface area contributed by atoms with Gasteiger partial charge in [0.05, 0.1) is 30.6 Å². The molecule has 2 heterocycles. The molecule has 0 atom stereocenters. The molecule has 0 N–H and O–H groups in total. The van der Waals surface area contributed by atoms with Gasteiger partial charge in [0.25, 0.3) is 11.8 Å². The smallest absolute Gasteiger partial charge is 0.282 e. The van der Waals surface area contributed by atoms with Gasteiger partial charge in [-0.05, 0) is 29.8 Å². The summed E-state index contributed by atoms with van der Waals surface area (Å²) >= 11 is 0. The number of carbonyl (C=O) groups excluding carboxylic acids is 2. The van der Waals surface area contributed by atoms with Crippen molar-refractivity contribution in [1.82, 2.24) is 5.01 Å². The summed E-state index contributed by atoms with van der Waals surface area (Å²) in [7, 11) is 0. The molecule has 6 heteroatoms. The zero-order valence-corrected chi connectivity index (χ0v) is 13.6. The van der Waals surface area contributed by atoms with Gasteiger partial charge in [0.1, 0.15) is 0 Å². The van der Waals surface area contributed by atoms with Crippen molar-refractivity contribution in [2.24, 2.45) is 5.10 Å². The third-order valence-electron chi connectivity index (χ3n) is 4.36. The number of imide groups is 1. The van der Waals surface area contributed by atoms with Crippen LogP contribution in [0, 0.1) is 0 Å². The number of rotatable bonds is 3. The molecular formula is C19H17N3O3. The van der Waals surface area contributed by atoms with Crippen LogP contribution in [-0.4, -0.2) is 49.3 Å². The Labute approximate surface area is 145 Å². The van der Waals surface area contributed by atoms with Gasteiger partial charge in [0.2, 0.25) is 0 Å². The quantitative estimate of drug-likeness (QED) is 0.637. The molecule has 0 unspecified atom stereocenters. The molecule has 0 radical (unpaired) electrons. The number of anilines is 1. The summed E-state index contributed by atoms with van der Waals surface area (Å²) in [5, 5.41) is 5.01. The van der Waals surface area contributed by atoms with Gasteiger partial charge in [0.15, 0.2) is 0 Å². The van der Waals surface area contributed by atoms with Gasteiger partial charge in [0, 0.05) is 18.8 Å². The van der Waals surface area contributed by atoms with E-state index in [0.29, 0.717) is 11.1 Å². The predicted molar refractivity (Wildman–Crippen MR) is 94.0 cm³/mol. The number of fused-ring (bicyclic) bond motifs is 1. The molecule has 1 saturated heterocycles. The third-order valence-corrected chi connectivity index (χ3v) is 4.36. The molecule has 2 aromatic carbocycles. The lowest BCUT2D eigenvalue weighted by Crippen LogP contribution is -2.36. The molecule has 1 fully saturated rings. The highest BCUT2D eigenvalue weighted by atomic mass is 16.5. The molecule has 2 aliphatic rings. The number of morpholine rings is 1. The van der Waals surface area contributed by atoms with Crippen molar-refractivity contribution in [3.8, 4) is 0 Å². The van der Waals surface area contributed by atoms with E-state index in [1.807, 2.05) is 24.3 Å². The Morgan fingerprint density at radius 1 is 0.880 bits per heavy atom. The first-order valence-corrected chi connectivity index (χ1v) is 8.18. The van der Waals surface area contributed by atoms with Gasteiger partial charge < -0.3 is 9.64 Å². The molecule has 4 rings (SSSR count). The van der Waals surface area contributed by atoms with Gasteiger partial charge in [-0.3, -0.25) is 9.59 Å². The summed E-state index contributed by atoms with van der Waals surface area (Å²) in [4.78, 5) is 26.8. The molecule has 126 valence electrons. The SMILES string of the molecule is O=C1c2ccccc2C(=O)N1/N=C\c1ccc(N2CCOCC2)cc1. The highest BCUT2D eigenvalue weighted by Gasteiger charge is 2.35. The van der Waals surface area contributed by atoms with E-state index in [1.54, 1.807) is 24.3 Å². The highest BCUT2D eigenvalue weighted by molar-refractivity contribution is 6.21. The Hall–Kier alpha value is -2.99. The lowest BCUT2D eigenvalue weighted by molar-refractivity contribution is 0.0660. The number of ether oxygens (including phenoxy) is 1. The molecule has 0 bridgehead atoms. The van der Waals surface area contributed by atoms with Crippen LogP contribution in [0.25, 0.3) is 0 Å². The fourth-order valence-electron chi connectivity index (χ4n) is 3.00. The average Bonchev–Trinajstić information content (AvgIpc) is 2.92. The largest absolute Gasteiger partial charge is 0.378 e. The minimum Gasteiger partial charge on any atom is -0.378 e. The number of hydrogen-bond acceptors (Lipinski definition) is 5. The van der Waals surface area contributed by atoms with E-state index in [9.17, 15) is 9.59 Å². The Morgan fingerprint density at radius 3 is 2.08 bits per heavy atom. The van der Waals surface area contributed by atoms with Crippen LogP contribution in [0.4, 0.5) is 5.69 Å². The maximum absolute atomic E-state index is 12.3. The lowest BCUT2D eigenvalue weighted by Gasteiger charge is -2.28. The van der Waals surface area contributed by atoms with Crippen molar-refractivity contribution in [2.75, 3.05) is 31.2 Å². The maximum Gasteiger partial charge on any atom is 0.282 e. The Kier molecular flexibility index (Phi) is 4.03. The van der Waals surface area contributed by atoms with Crippen LogP contribution in [0.3, 0.4) is 0 Å². The summed E-state index contributed by atoms with van der Waals surface area (Å²) in [6.45, 7) is 3.23. The first-order valence-electron chi connectivity index (χ1n) is 8.18. The van der Waals surface area contributed by atoms with Crippen molar-refractivity contribution in [1.29, 1.82) is 0 Å². The second kappa shape index (κ2) is 6.49. The van der Waals surface area contributed by atoms with E-state index in [-0.39, 0.29) is 11.8 Å². The molecule has 0 saturated carbocycles. The second-order valence-electron chi connectivity index (χ2n) is 5.90. The minimum atomic E-state index is -0.387. The summed E-state index contributed by atoms with van der Waals surface area (Å²) in [5.74, 6) is -0.774. The van der Waals surface area contributed by atoms with E-state index in [1.165, 1.54) is 6.21 Å². The number of benzene rings is 2. The zero-order valence-electron chi connectivity index (χ0n) is 13.6. The van der Waals surface area contributed by atoms with Crippen molar-refractivity contribution >= 4 is 23.7 Å². The van der Waals surface area contributed by atoms with E-state index in [2.05, 4.69) is 10.0 Å². The second-order valence-corrected chi connectivity index (χ2v) is 5.90. The molecule has 2 amide bonds. The van der Waals surface area contributed by atoms with Crippen molar-refractivity contribution in [3.05, 3.63) is 65.2 Å². The minimum absolute atomic E-state index is 0.387. The summed E-state index contributed by atoms with van der Waals surface area (Å²) in [6.07, 6.45) is 1.53. The van der Waals surface area contributed by atoms with Gasteiger partial charge in [-0.25, -0.2) is 0 Å². The third kappa shape index (κ3) is 2.92. The number of hydrogen-bond donors (Lipinski definition) is 0. The summed E-state index contributed by atoms with van der Waals surface area (Å²) in [5.41, 5.74) is 2.74. The van der Waals surface area contributed by atoms with Gasteiger partial charge in [-0.2, -0.15) is 10.1 Å². The van der Waals surface area contributed by atoms with Crippen molar-refractivity contribution in [3.63, 3.8) is 0 Å². The topological polar surface area (TPSA) is 62.2 Å². The molecule has 0 spiro atoms. The molecule has 0 aromatic heterocycles. The Balaban J connectivity index is 1.49. The standard InChI is InChI=1S/C19H17N3O3/c23-18-16-3-1-2-4-17(16)19(24)22(18)20-13-14-5-7-15(8-6-14)21-9-11-25-12-10-21/h1-8,13H,9-12H2/b20-13-. The number of hydrazone groups is 1.